The van der Waals surface area contributed by atoms with Crippen molar-refractivity contribution < 1.29 is 5.11 Å². The summed E-state index contributed by atoms with van der Waals surface area (Å²) < 4.78 is 1.86. The van der Waals surface area contributed by atoms with E-state index in [1.807, 2.05) is 23.7 Å². The molecule has 0 spiro atoms. The first kappa shape index (κ1) is 11.6. The fourth-order valence-electron chi connectivity index (χ4n) is 1.86. The molecule has 0 radical (unpaired) electrons. The largest absolute Gasteiger partial charge is 0.396 e. The van der Waals surface area contributed by atoms with Crippen molar-refractivity contribution in [3.8, 4) is 12.3 Å². The van der Waals surface area contributed by atoms with Crippen LogP contribution in [-0.2, 0) is 6.54 Å². The van der Waals surface area contributed by atoms with E-state index in [1.165, 1.54) is 0 Å². The molecule has 4 nitrogen and oxygen atoms in total. The van der Waals surface area contributed by atoms with Gasteiger partial charge in [-0.3, -0.25) is 0 Å². The van der Waals surface area contributed by atoms with E-state index in [1.54, 1.807) is 0 Å². The second-order valence-corrected chi connectivity index (χ2v) is 3.99. The maximum absolute atomic E-state index is 8.75. The van der Waals surface area contributed by atoms with Crippen LogP contribution in [-0.4, -0.2) is 26.7 Å². The van der Waals surface area contributed by atoms with Crippen LogP contribution in [0.2, 0.25) is 0 Å². The summed E-state index contributed by atoms with van der Waals surface area (Å²) in [6.45, 7) is 2.95. The normalized spacial score (nSPS) is 10.6. The van der Waals surface area contributed by atoms with Gasteiger partial charge >= 0.3 is 0 Å². The Labute approximate surface area is 100 Å². The topological polar surface area (TPSA) is 50.9 Å². The summed E-state index contributed by atoms with van der Waals surface area (Å²) in [5, 5.41) is 17.0. The Morgan fingerprint density at radius 3 is 2.94 bits per heavy atom. The number of aliphatic hydroxyl groups is 1. The summed E-state index contributed by atoms with van der Waals surface area (Å²) in [4.78, 5) is 0. The van der Waals surface area contributed by atoms with Gasteiger partial charge in [0.15, 0.2) is 0 Å². The molecule has 2 aromatic rings. The lowest BCUT2D eigenvalue weighted by Crippen LogP contribution is -2.01. The van der Waals surface area contributed by atoms with E-state index in [9.17, 15) is 0 Å². The summed E-state index contributed by atoms with van der Waals surface area (Å²) >= 11 is 0. The van der Waals surface area contributed by atoms with Crippen molar-refractivity contribution in [2.24, 2.45) is 0 Å². The van der Waals surface area contributed by atoms with Crippen LogP contribution in [0.25, 0.3) is 11.0 Å². The Kier molecular flexibility index (Phi) is 3.40. The Morgan fingerprint density at radius 2 is 2.24 bits per heavy atom. The van der Waals surface area contributed by atoms with Gasteiger partial charge in [0.1, 0.15) is 5.52 Å². The van der Waals surface area contributed by atoms with Crippen LogP contribution in [0.4, 0.5) is 0 Å². The minimum absolute atomic E-state index is 0.215. The number of unbranched alkanes of at least 4 members (excludes halogenated alkanes) is 1. The van der Waals surface area contributed by atoms with E-state index < -0.39 is 0 Å². The molecule has 0 unspecified atom stereocenters. The van der Waals surface area contributed by atoms with Crippen LogP contribution in [0.1, 0.15) is 24.0 Å². The van der Waals surface area contributed by atoms with Crippen molar-refractivity contribution in [3.63, 3.8) is 0 Å². The number of terminal acetylenes is 1. The fraction of sp³-hybridized carbons (Fsp3) is 0.385. The molecular formula is C13H15N3O. The summed E-state index contributed by atoms with van der Waals surface area (Å²) in [5.41, 5.74) is 3.72. The monoisotopic (exact) mass is 229 g/mol. The minimum atomic E-state index is 0.215. The molecule has 0 bridgehead atoms. The number of aromatic nitrogens is 3. The molecule has 0 fully saturated rings. The highest BCUT2D eigenvalue weighted by Gasteiger charge is 2.08. The van der Waals surface area contributed by atoms with Gasteiger partial charge < -0.3 is 5.11 Å². The van der Waals surface area contributed by atoms with Gasteiger partial charge in [0.05, 0.1) is 5.52 Å². The molecular weight excluding hydrogens is 214 g/mol. The highest BCUT2D eigenvalue weighted by Crippen LogP contribution is 2.19. The Hall–Kier alpha value is -1.86. The van der Waals surface area contributed by atoms with E-state index in [0.29, 0.717) is 0 Å². The van der Waals surface area contributed by atoms with E-state index in [4.69, 9.17) is 11.5 Å². The lowest BCUT2D eigenvalue weighted by molar-refractivity contribution is 0.280. The van der Waals surface area contributed by atoms with Crippen molar-refractivity contribution in [1.82, 2.24) is 15.0 Å². The molecule has 1 N–H and O–H groups in total. The zero-order chi connectivity index (χ0) is 12.3. The van der Waals surface area contributed by atoms with Crippen LogP contribution in [0.5, 0.6) is 0 Å². The van der Waals surface area contributed by atoms with Crippen molar-refractivity contribution in [2.45, 2.75) is 26.3 Å². The Morgan fingerprint density at radius 1 is 1.41 bits per heavy atom. The SMILES string of the molecule is C#Cc1ccc2c(nnn2CCCCO)c1C. The van der Waals surface area contributed by atoms with Crippen LogP contribution >= 0.6 is 0 Å². The van der Waals surface area contributed by atoms with Gasteiger partial charge in [0.2, 0.25) is 0 Å². The quantitative estimate of drug-likeness (QED) is 0.638. The van der Waals surface area contributed by atoms with Crippen LogP contribution in [0.3, 0.4) is 0 Å². The molecule has 4 heteroatoms. The number of rotatable bonds is 4. The molecule has 0 amide bonds. The predicted molar refractivity (Wildman–Crippen MR) is 66.5 cm³/mol. The number of fused-ring (bicyclic) bond motifs is 1. The molecule has 0 aliphatic rings. The third-order valence-electron chi connectivity index (χ3n) is 2.87. The average Bonchev–Trinajstić information content (AvgIpc) is 2.74. The number of aryl methyl sites for hydroxylation is 2. The summed E-state index contributed by atoms with van der Waals surface area (Å²) in [5.74, 6) is 2.64. The van der Waals surface area contributed by atoms with E-state index >= 15 is 0 Å². The predicted octanol–water partition coefficient (Wildman–Crippen LogP) is 1.49. The lowest BCUT2D eigenvalue weighted by Gasteiger charge is -2.02. The summed E-state index contributed by atoms with van der Waals surface area (Å²) in [6.07, 6.45) is 7.09. The van der Waals surface area contributed by atoms with E-state index in [2.05, 4.69) is 16.2 Å². The highest BCUT2D eigenvalue weighted by molar-refractivity contribution is 5.80. The molecule has 0 saturated carbocycles. The van der Waals surface area contributed by atoms with Gasteiger partial charge in [0.25, 0.3) is 0 Å². The first-order chi connectivity index (χ1) is 8.27. The Bertz CT molecular complexity index is 566. The van der Waals surface area contributed by atoms with Crippen molar-refractivity contribution in [3.05, 3.63) is 23.3 Å². The van der Waals surface area contributed by atoms with E-state index in [0.717, 1.165) is 41.5 Å². The van der Waals surface area contributed by atoms with Gasteiger partial charge in [-0.2, -0.15) is 0 Å². The van der Waals surface area contributed by atoms with Crippen LogP contribution in [0.15, 0.2) is 12.1 Å². The molecule has 88 valence electrons. The molecule has 2 rings (SSSR count). The Balaban J connectivity index is 2.35. The number of nitrogens with zero attached hydrogens (tertiary/aromatic N) is 3. The fourth-order valence-corrected chi connectivity index (χ4v) is 1.86. The molecule has 0 atom stereocenters. The number of aliphatic hydroxyl groups excluding tert-OH is 1. The second-order valence-electron chi connectivity index (χ2n) is 3.99. The second kappa shape index (κ2) is 4.98. The van der Waals surface area contributed by atoms with Crippen molar-refractivity contribution >= 4 is 11.0 Å². The number of hydrogen-bond acceptors (Lipinski definition) is 3. The lowest BCUT2D eigenvalue weighted by atomic mass is 10.1. The summed E-state index contributed by atoms with van der Waals surface area (Å²) in [7, 11) is 0. The third kappa shape index (κ3) is 2.15. The van der Waals surface area contributed by atoms with Crippen LogP contribution in [0, 0.1) is 19.3 Å². The minimum Gasteiger partial charge on any atom is -0.396 e. The molecule has 0 aliphatic heterocycles. The zero-order valence-corrected chi connectivity index (χ0v) is 9.85. The van der Waals surface area contributed by atoms with Gasteiger partial charge in [-0.05, 0) is 37.5 Å². The highest BCUT2D eigenvalue weighted by atomic mass is 16.2. The molecule has 0 aliphatic carbocycles. The standard InChI is InChI=1S/C13H15N3O/c1-3-11-6-7-12-13(10(11)2)14-15-16(12)8-4-5-9-17/h1,6-7,17H,4-5,8-9H2,2H3. The van der Waals surface area contributed by atoms with Gasteiger partial charge in [-0.25, -0.2) is 4.68 Å². The van der Waals surface area contributed by atoms with Crippen molar-refractivity contribution in [1.29, 1.82) is 0 Å². The summed E-state index contributed by atoms with van der Waals surface area (Å²) in [6, 6.07) is 3.88. The average molecular weight is 229 g/mol. The number of hydrogen-bond donors (Lipinski definition) is 1. The first-order valence-corrected chi connectivity index (χ1v) is 5.68. The maximum Gasteiger partial charge on any atom is 0.117 e. The maximum atomic E-state index is 8.75. The molecule has 17 heavy (non-hydrogen) atoms. The molecule has 1 aromatic heterocycles. The molecule has 1 heterocycles. The molecule has 1 aromatic carbocycles. The number of benzene rings is 1. The van der Waals surface area contributed by atoms with E-state index in [-0.39, 0.29) is 6.61 Å². The third-order valence-corrected chi connectivity index (χ3v) is 2.87. The van der Waals surface area contributed by atoms with Gasteiger partial charge in [-0.1, -0.05) is 11.1 Å². The smallest absolute Gasteiger partial charge is 0.117 e. The van der Waals surface area contributed by atoms with Gasteiger partial charge in [0, 0.05) is 18.7 Å². The van der Waals surface area contributed by atoms with Crippen molar-refractivity contribution in [2.75, 3.05) is 6.61 Å². The molecule has 0 saturated heterocycles. The zero-order valence-electron chi connectivity index (χ0n) is 9.85. The van der Waals surface area contributed by atoms with Crippen LogP contribution < -0.4 is 0 Å². The first-order valence-electron chi connectivity index (χ1n) is 5.68. The van der Waals surface area contributed by atoms with Gasteiger partial charge in [-0.15, -0.1) is 11.5 Å².